The second kappa shape index (κ2) is 9.05. The maximum absolute atomic E-state index is 12.6. The Morgan fingerprint density at radius 1 is 1.03 bits per heavy atom. The second-order valence-electron chi connectivity index (χ2n) is 7.00. The van der Waals surface area contributed by atoms with Gasteiger partial charge in [-0.1, -0.05) is 48.0 Å². The highest BCUT2D eigenvalue weighted by molar-refractivity contribution is 7.89. The number of nitrogens with one attached hydrogen (secondary N) is 1. The van der Waals surface area contributed by atoms with Crippen molar-refractivity contribution in [2.75, 3.05) is 19.4 Å². The molecule has 3 aromatic carbocycles. The van der Waals surface area contributed by atoms with E-state index in [1.807, 2.05) is 36.4 Å². The van der Waals surface area contributed by atoms with Crippen molar-refractivity contribution < 1.29 is 22.7 Å². The van der Waals surface area contributed by atoms with Crippen molar-refractivity contribution in [2.45, 2.75) is 17.9 Å². The monoisotopic (exact) mass is 460 g/mol. The van der Waals surface area contributed by atoms with E-state index in [4.69, 9.17) is 16.3 Å². The number of amides is 1. The van der Waals surface area contributed by atoms with Gasteiger partial charge in [-0.15, -0.1) is 0 Å². The van der Waals surface area contributed by atoms with E-state index in [-0.39, 0.29) is 15.5 Å². The maximum atomic E-state index is 12.6. The minimum absolute atomic E-state index is 0.0213. The number of hydrogen-bond donors (Lipinski definition) is 1. The van der Waals surface area contributed by atoms with Gasteiger partial charge in [-0.05, 0) is 36.6 Å². The van der Waals surface area contributed by atoms with Gasteiger partial charge in [-0.25, -0.2) is 17.5 Å². The molecule has 1 atom stereocenters. The van der Waals surface area contributed by atoms with Crippen molar-refractivity contribution in [3.63, 3.8) is 0 Å². The summed E-state index contributed by atoms with van der Waals surface area (Å²) >= 11 is 6.00. The van der Waals surface area contributed by atoms with Crippen molar-refractivity contribution in [3.05, 3.63) is 71.2 Å². The summed E-state index contributed by atoms with van der Waals surface area (Å²) in [7, 11) is -1.14. The van der Waals surface area contributed by atoms with Gasteiger partial charge in [-0.3, -0.25) is 4.79 Å². The Morgan fingerprint density at radius 2 is 1.71 bits per heavy atom. The van der Waals surface area contributed by atoms with Crippen LogP contribution < -0.4 is 5.32 Å². The molecule has 0 heterocycles. The van der Waals surface area contributed by atoms with Crippen molar-refractivity contribution in [1.82, 2.24) is 4.31 Å². The summed E-state index contributed by atoms with van der Waals surface area (Å²) in [5.41, 5.74) is 0.562. The summed E-state index contributed by atoms with van der Waals surface area (Å²) in [5, 5.41) is 4.55. The van der Waals surface area contributed by atoms with Crippen LogP contribution in [0, 0.1) is 0 Å². The predicted octanol–water partition coefficient (Wildman–Crippen LogP) is 3.93. The van der Waals surface area contributed by atoms with Gasteiger partial charge in [0.2, 0.25) is 10.0 Å². The van der Waals surface area contributed by atoms with Gasteiger partial charge in [-0.2, -0.15) is 0 Å². The summed E-state index contributed by atoms with van der Waals surface area (Å²) in [5.74, 6) is -1.35. The molecule has 0 aliphatic carbocycles. The number of ether oxygens (including phenoxy) is 1. The van der Waals surface area contributed by atoms with Crippen LogP contribution in [0.5, 0.6) is 0 Å². The van der Waals surface area contributed by atoms with Gasteiger partial charge in [0.15, 0.2) is 6.10 Å². The fourth-order valence-electron chi connectivity index (χ4n) is 2.88. The molecule has 1 N–H and O–H groups in total. The van der Waals surface area contributed by atoms with Crippen molar-refractivity contribution in [1.29, 1.82) is 0 Å². The predicted molar refractivity (Wildman–Crippen MR) is 120 cm³/mol. The molecule has 7 nitrogen and oxygen atoms in total. The minimum atomic E-state index is -3.86. The Labute approximate surface area is 185 Å². The van der Waals surface area contributed by atoms with Crippen LogP contribution in [0.4, 0.5) is 5.69 Å². The topological polar surface area (TPSA) is 92.8 Å². The number of carbonyl (C=O) groups excluding carboxylic acids is 2. The molecular formula is C22H21ClN2O5S. The van der Waals surface area contributed by atoms with Gasteiger partial charge in [0.1, 0.15) is 4.90 Å². The van der Waals surface area contributed by atoms with E-state index in [2.05, 4.69) is 5.32 Å². The van der Waals surface area contributed by atoms with Gasteiger partial charge in [0, 0.05) is 25.2 Å². The van der Waals surface area contributed by atoms with E-state index >= 15 is 0 Å². The van der Waals surface area contributed by atoms with Gasteiger partial charge in [0.05, 0.1) is 10.6 Å². The van der Waals surface area contributed by atoms with Crippen LogP contribution >= 0.6 is 11.6 Å². The molecule has 0 radical (unpaired) electrons. The smallest absolute Gasteiger partial charge is 0.338 e. The molecule has 3 rings (SSSR count). The molecule has 0 aromatic heterocycles. The molecule has 3 aromatic rings. The number of carbonyl (C=O) groups is 2. The molecule has 0 aliphatic heterocycles. The van der Waals surface area contributed by atoms with E-state index in [1.165, 1.54) is 33.2 Å². The number of fused-ring (bicyclic) bond motifs is 1. The molecule has 0 bridgehead atoms. The fraction of sp³-hybridized carbons (Fsp3) is 0.182. The van der Waals surface area contributed by atoms with Crippen molar-refractivity contribution in [3.8, 4) is 0 Å². The van der Waals surface area contributed by atoms with E-state index < -0.39 is 28.0 Å². The van der Waals surface area contributed by atoms with Crippen LogP contribution in [0.1, 0.15) is 17.3 Å². The van der Waals surface area contributed by atoms with E-state index in [9.17, 15) is 18.0 Å². The van der Waals surface area contributed by atoms with Crippen LogP contribution in [0.2, 0.25) is 5.02 Å². The molecule has 31 heavy (non-hydrogen) atoms. The summed E-state index contributed by atoms with van der Waals surface area (Å²) in [4.78, 5) is 24.9. The fourth-order valence-corrected chi connectivity index (χ4v) is 4.27. The highest BCUT2D eigenvalue weighted by Gasteiger charge is 2.25. The highest BCUT2D eigenvalue weighted by Crippen LogP contribution is 2.26. The number of rotatable bonds is 6. The zero-order valence-electron chi connectivity index (χ0n) is 17.1. The minimum Gasteiger partial charge on any atom is -0.449 e. The van der Waals surface area contributed by atoms with E-state index in [0.717, 1.165) is 21.1 Å². The lowest BCUT2D eigenvalue weighted by Crippen LogP contribution is -2.30. The third kappa shape index (κ3) is 4.87. The Hall–Kier alpha value is -2.94. The molecule has 1 amide bonds. The molecule has 9 heteroatoms. The number of benzene rings is 3. The largest absolute Gasteiger partial charge is 0.449 e. The first-order valence-electron chi connectivity index (χ1n) is 9.33. The molecule has 0 fully saturated rings. The number of sulfonamides is 1. The normalized spacial score (nSPS) is 12.5. The maximum Gasteiger partial charge on any atom is 0.338 e. The second-order valence-corrected chi connectivity index (χ2v) is 9.52. The Bertz CT molecular complexity index is 1250. The lowest BCUT2D eigenvalue weighted by Gasteiger charge is -2.16. The molecule has 0 aliphatic rings. The molecular weight excluding hydrogens is 440 g/mol. The van der Waals surface area contributed by atoms with Gasteiger partial charge in [0.25, 0.3) is 5.91 Å². The van der Waals surface area contributed by atoms with E-state index in [0.29, 0.717) is 5.69 Å². The zero-order chi connectivity index (χ0) is 22.8. The molecule has 1 unspecified atom stereocenters. The standard InChI is InChI=1S/C22H21ClN2O5S/c1-14(21(26)24-19-10-6-8-15-7-4-5-9-17(15)19)30-22(27)16-11-12-18(23)20(13-16)31(28,29)25(2)3/h4-14H,1-3H3,(H,24,26). The Balaban J connectivity index is 1.77. The number of nitrogens with zero attached hydrogens (tertiary/aromatic N) is 1. The first-order valence-corrected chi connectivity index (χ1v) is 11.1. The van der Waals surface area contributed by atoms with Crippen LogP contribution in [-0.4, -0.2) is 44.8 Å². The summed E-state index contributed by atoms with van der Waals surface area (Å²) < 4.78 is 31.0. The number of esters is 1. The quantitative estimate of drug-likeness (QED) is 0.562. The summed E-state index contributed by atoms with van der Waals surface area (Å²) in [6, 6.07) is 16.8. The average Bonchev–Trinajstić information content (AvgIpc) is 2.73. The van der Waals surface area contributed by atoms with E-state index in [1.54, 1.807) is 6.07 Å². The molecule has 0 spiro atoms. The lowest BCUT2D eigenvalue weighted by molar-refractivity contribution is -0.123. The average molecular weight is 461 g/mol. The van der Waals surface area contributed by atoms with Gasteiger partial charge >= 0.3 is 5.97 Å². The van der Waals surface area contributed by atoms with Crippen LogP contribution in [0.25, 0.3) is 10.8 Å². The van der Waals surface area contributed by atoms with Crippen LogP contribution in [0.15, 0.2) is 65.6 Å². The zero-order valence-corrected chi connectivity index (χ0v) is 18.7. The Kier molecular flexibility index (Phi) is 6.64. The molecule has 0 saturated heterocycles. The first-order chi connectivity index (χ1) is 14.6. The lowest BCUT2D eigenvalue weighted by atomic mass is 10.1. The van der Waals surface area contributed by atoms with Crippen molar-refractivity contribution >= 4 is 50.0 Å². The SMILES string of the molecule is CC(OC(=O)c1ccc(Cl)c(S(=O)(=O)N(C)C)c1)C(=O)Nc1cccc2ccccc12. The number of halogens is 1. The highest BCUT2D eigenvalue weighted by atomic mass is 35.5. The van der Waals surface area contributed by atoms with Crippen molar-refractivity contribution in [2.24, 2.45) is 0 Å². The molecule has 162 valence electrons. The van der Waals surface area contributed by atoms with Crippen LogP contribution in [0.3, 0.4) is 0 Å². The molecule has 0 saturated carbocycles. The Morgan fingerprint density at radius 3 is 2.42 bits per heavy atom. The third-order valence-corrected chi connectivity index (χ3v) is 6.92. The first kappa shape index (κ1) is 22.7. The van der Waals surface area contributed by atoms with Crippen LogP contribution in [-0.2, 0) is 19.6 Å². The number of anilines is 1. The number of hydrogen-bond acceptors (Lipinski definition) is 5. The third-order valence-electron chi connectivity index (χ3n) is 4.63. The summed E-state index contributed by atoms with van der Waals surface area (Å²) in [6.07, 6.45) is -1.11. The van der Waals surface area contributed by atoms with Gasteiger partial charge < -0.3 is 10.1 Å². The summed E-state index contributed by atoms with van der Waals surface area (Å²) in [6.45, 7) is 1.44.